The van der Waals surface area contributed by atoms with Gasteiger partial charge in [-0.1, -0.05) is 24.3 Å². The van der Waals surface area contributed by atoms with Crippen LogP contribution in [0, 0.1) is 18.3 Å². The molecule has 0 bridgehead atoms. The lowest BCUT2D eigenvalue weighted by Gasteiger charge is -2.09. The van der Waals surface area contributed by atoms with E-state index in [9.17, 15) is 9.59 Å². The molecule has 7 heteroatoms. The number of benzene rings is 2. The SMILES string of the molecule is Cc1nn2c(=O)cc(-c3ccc(C#N)cc3)nc2cc1-c1ccc(C(=O)O)cc1. The maximum Gasteiger partial charge on any atom is 0.335 e. The highest BCUT2D eigenvalue weighted by Gasteiger charge is 2.11. The van der Waals surface area contributed by atoms with E-state index in [-0.39, 0.29) is 11.1 Å². The highest BCUT2D eigenvalue weighted by Crippen LogP contribution is 2.24. The Hall–Kier alpha value is -4.31. The number of carboxylic acid groups (broad SMARTS) is 1. The van der Waals surface area contributed by atoms with E-state index < -0.39 is 5.97 Å². The lowest BCUT2D eigenvalue weighted by atomic mass is 10.0. The first-order valence-corrected chi connectivity index (χ1v) is 8.72. The van der Waals surface area contributed by atoms with Gasteiger partial charge in [0.15, 0.2) is 5.65 Å². The van der Waals surface area contributed by atoms with Crippen molar-refractivity contribution in [3.05, 3.63) is 87.8 Å². The number of aromatic nitrogens is 3. The summed E-state index contributed by atoms with van der Waals surface area (Å²) in [5, 5.41) is 22.4. The molecule has 2 heterocycles. The number of nitrogens with zero attached hydrogens (tertiary/aromatic N) is 4. The Morgan fingerprint density at radius 1 is 1.03 bits per heavy atom. The fourth-order valence-corrected chi connectivity index (χ4v) is 3.07. The molecule has 4 rings (SSSR count). The van der Waals surface area contributed by atoms with Gasteiger partial charge in [-0.15, -0.1) is 0 Å². The van der Waals surface area contributed by atoms with E-state index in [4.69, 9.17) is 10.4 Å². The van der Waals surface area contributed by atoms with Crippen molar-refractivity contribution < 1.29 is 9.90 Å². The van der Waals surface area contributed by atoms with E-state index in [1.807, 2.05) is 0 Å². The van der Waals surface area contributed by atoms with Gasteiger partial charge < -0.3 is 5.11 Å². The zero-order chi connectivity index (χ0) is 20.5. The third-order valence-corrected chi connectivity index (χ3v) is 4.59. The molecular weight excluding hydrogens is 368 g/mol. The van der Waals surface area contributed by atoms with Gasteiger partial charge >= 0.3 is 5.97 Å². The molecule has 0 spiro atoms. The second kappa shape index (κ2) is 7.02. The highest BCUT2D eigenvalue weighted by molar-refractivity contribution is 5.88. The lowest BCUT2D eigenvalue weighted by molar-refractivity contribution is 0.0697. The van der Waals surface area contributed by atoms with Crippen molar-refractivity contribution >= 4 is 11.6 Å². The van der Waals surface area contributed by atoms with Gasteiger partial charge in [0, 0.05) is 17.2 Å². The van der Waals surface area contributed by atoms with Crippen molar-refractivity contribution in [2.24, 2.45) is 0 Å². The summed E-state index contributed by atoms with van der Waals surface area (Å²) >= 11 is 0. The third kappa shape index (κ3) is 3.35. The van der Waals surface area contributed by atoms with E-state index >= 15 is 0 Å². The smallest absolute Gasteiger partial charge is 0.335 e. The molecule has 0 fully saturated rings. The molecule has 1 N–H and O–H groups in total. The van der Waals surface area contributed by atoms with Gasteiger partial charge in [-0.2, -0.15) is 14.9 Å². The number of rotatable bonds is 3. The van der Waals surface area contributed by atoms with Gasteiger partial charge in [-0.25, -0.2) is 9.78 Å². The zero-order valence-electron chi connectivity index (χ0n) is 15.3. The molecule has 7 nitrogen and oxygen atoms in total. The molecule has 29 heavy (non-hydrogen) atoms. The summed E-state index contributed by atoms with van der Waals surface area (Å²) in [5.41, 5.74) is 4.13. The summed E-state index contributed by atoms with van der Waals surface area (Å²) in [6.07, 6.45) is 0. The van der Waals surface area contributed by atoms with Gasteiger partial charge in [0.05, 0.1) is 28.6 Å². The molecule has 0 aliphatic carbocycles. The van der Waals surface area contributed by atoms with Gasteiger partial charge in [0.25, 0.3) is 5.56 Å². The van der Waals surface area contributed by atoms with Crippen LogP contribution in [0.15, 0.2) is 65.5 Å². The molecule has 2 aromatic heterocycles. The second-order valence-electron chi connectivity index (χ2n) is 6.46. The molecule has 0 atom stereocenters. The number of carboxylic acids is 1. The number of fused-ring (bicyclic) bond motifs is 1. The fraction of sp³-hybridized carbons (Fsp3) is 0.0455. The van der Waals surface area contributed by atoms with E-state index in [1.165, 1.54) is 22.7 Å². The summed E-state index contributed by atoms with van der Waals surface area (Å²) in [7, 11) is 0. The van der Waals surface area contributed by atoms with Gasteiger partial charge in [0.2, 0.25) is 0 Å². The van der Waals surface area contributed by atoms with Crippen molar-refractivity contribution in [2.75, 3.05) is 0 Å². The third-order valence-electron chi connectivity index (χ3n) is 4.59. The van der Waals surface area contributed by atoms with Crippen LogP contribution in [0.3, 0.4) is 0 Å². The zero-order valence-corrected chi connectivity index (χ0v) is 15.3. The minimum atomic E-state index is -0.995. The number of hydrogen-bond donors (Lipinski definition) is 1. The molecule has 0 aliphatic heterocycles. The molecule has 0 saturated heterocycles. The van der Waals surface area contributed by atoms with Crippen LogP contribution in [0.2, 0.25) is 0 Å². The van der Waals surface area contributed by atoms with Crippen molar-refractivity contribution in [2.45, 2.75) is 6.92 Å². The first kappa shape index (κ1) is 18.1. The van der Waals surface area contributed by atoms with Crippen molar-refractivity contribution in [1.29, 1.82) is 5.26 Å². The Morgan fingerprint density at radius 2 is 1.69 bits per heavy atom. The number of nitriles is 1. The van der Waals surface area contributed by atoms with Crippen molar-refractivity contribution in [3.8, 4) is 28.5 Å². The Bertz CT molecular complexity index is 1350. The van der Waals surface area contributed by atoms with Crippen molar-refractivity contribution in [3.63, 3.8) is 0 Å². The van der Waals surface area contributed by atoms with Crippen LogP contribution in [-0.4, -0.2) is 25.7 Å². The van der Waals surface area contributed by atoms with E-state index in [1.54, 1.807) is 49.4 Å². The van der Waals surface area contributed by atoms with Crippen LogP contribution in [0.1, 0.15) is 21.6 Å². The Labute approximate surface area is 165 Å². The molecule has 0 amide bonds. The fourth-order valence-electron chi connectivity index (χ4n) is 3.07. The highest BCUT2D eigenvalue weighted by atomic mass is 16.4. The normalized spacial score (nSPS) is 10.6. The van der Waals surface area contributed by atoms with Crippen LogP contribution in [-0.2, 0) is 0 Å². The van der Waals surface area contributed by atoms with Gasteiger partial charge in [0.1, 0.15) is 0 Å². The predicted molar refractivity (Wildman–Crippen MR) is 107 cm³/mol. The summed E-state index contributed by atoms with van der Waals surface area (Å²) in [6, 6.07) is 18.5. The maximum absolute atomic E-state index is 12.6. The minimum Gasteiger partial charge on any atom is -0.478 e. The monoisotopic (exact) mass is 382 g/mol. The molecule has 0 unspecified atom stereocenters. The maximum atomic E-state index is 12.6. The van der Waals surface area contributed by atoms with Crippen LogP contribution in [0.4, 0.5) is 0 Å². The molecule has 4 aromatic rings. The summed E-state index contributed by atoms with van der Waals surface area (Å²) in [6.45, 7) is 1.78. The second-order valence-corrected chi connectivity index (χ2v) is 6.46. The first-order chi connectivity index (χ1) is 14.0. The molecule has 0 saturated carbocycles. The van der Waals surface area contributed by atoms with Crippen LogP contribution >= 0.6 is 0 Å². The number of hydrogen-bond acceptors (Lipinski definition) is 5. The molecule has 0 radical (unpaired) electrons. The quantitative estimate of drug-likeness (QED) is 0.582. The Balaban J connectivity index is 1.85. The van der Waals surface area contributed by atoms with E-state index in [0.29, 0.717) is 22.6 Å². The van der Waals surface area contributed by atoms with E-state index in [2.05, 4.69) is 16.2 Å². The van der Waals surface area contributed by atoms with E-state index in [0.717, 1.165) is 16.7 Å². The van der Waals surface area contributed by atoms with Crippen LogP contribution in [0.25, 0.3) is 28.0 Å². The number of carbonyl (C=O) groups is 1. The Kier molecular flexibility index (Phi) is 4.37. The molecule has 140 valence electrons. The average molecular weight is 382 g/mol. The van der Waals surface area contributed by atoms with Crippen molar-refractivity contribution in [1.82, 2.24) is 14.6 Å². The average Bonchev–Trinajstić information content (AvgIpc) is 2.74. The Morgan fingerprint density at radius 3 is 2.31 bits per heavy atom. The molecule has 2 aromatic carbocycles. The topological polar surface area (TPSA) is 108 Å². The van der Waals surface area contributed by atoms with Crippen LogP contribution < -0.4 is 5.56 Å². The van der Waals surface area contributed by atoms with Gasteiger partial charge in [-0.3, -0.25) is 4.79 Å². The summed E-state index contributed by atoms with van der Waals surface area (Å²) in [5.74, 6) is -0.995. The molecular formula is C22H14N4O3. The summed E-state index contributed by atoms with van der Waals surface area (Å²) in [4.78, 5) is 28.2. The lowest BCUT2D eigenvalue weighted by Crippen LogP contribution is -2.18. The summed E-state index contributed by atoms with van der Waals surface area (Å²) < 4.78 is 1.23. The van der Waals surface area contributed by atoms with Gasteiger partial charge in [-0.05, 0) is 42.8 Å². The first-order valence-electron chi connectivity index (χ1n) is 8.72. The number of aromatic carboxylic acids is 1. The minimum absolute atomic E-state index is 0.192. The number of aryl methyl sites for hydroxylation is 1. The van der Waals surface area contributed by atoms with Crippen LogP contribution in [0.5, 0.6) is 0 Å². The predicted octanol–water partition coefficient (Wildman–Crippen LogP) is 3.30. The standard InChI is InChI=1S/C22H14N4O3/c1-13-18(15-6-8-17(9-7-15)22(28)29)10-20-24-19(11-21(27)26(20)25-13)16-4-2-14(12-23)3-5-16/h2-11H,1H3,(H,28,29). The molecule has 0 aliphatic rings. The largest absolute Gasteiger partial charge is 0.478 e.